The van der Waals surface area contributed by atoms with Crippen LogP contribution in [0.2, 0.25) is 0 Å². The second-order valence-corrected chi connectivity index (χ2v) is 5.47. The summed E-state index contributed by atoms with van der Waals surface area (Å²) in [7, 11) is 0. The van der Waals surface area contributed by atoms with E-state index in [1.165, 1.54) is 0 Å². The second kappa shape index (κ2) is 4.78. The average molecular weight is 284 g/mol. The molecule has 0 bridgehead atoms. The monoisotopic (exact) mass is 284 g/mol. The van der Waals surface area contributed by atoms with Crippen molar-refractivity contribution in [3.05, 3.63) is 72.8 Å². The Balaban J connectivity index is 2.22. The first-order valence-corrected chi connectivity index (χ1v) is 7.31. The molecule has 0 unspecified atom stereocenters. The molecule has 4 aromatic rings. The zero-order valence-electron chi connectivity index (χ0n) is 12.1. The number of hydrogen-bond acceptors (Lipinski definition) is 2. The maximum atomic E-state index is 6.40. The molecule has 4 N–H and O–H groups in total. The van der Waals surface area contributed by atoms with Crippen LogP contribution >= 0.6 is 0 Å². The van der Waals surface area contributed by atoms with Crippen molar-refractivity contribution in [2.45, 2.75) is 0 Å². The molecule has 2 nitrogen and oxygen atoms in total. The highest BCUT2D eigenvalue weighted by atomic mass is 14.7. The molecule has 0 aliphatic heterocycles. The van der Waals surface area contributed by atoms with Crippen LogP contribution in [0.1, 0.15) is 0 Å². The third-order valence-corrected chi connectivity index (χ3v) is 4.22. The Morgan fingerprint density at radius 1 is 0.500 bits per heavy atom. The molecule has 0 amide bonds. The van der Waals surface area contributed by atoms with Crippen LogP contribution in [0.4, 0.5) is 11.4 Å². The Morgan fingerprint density at radius 3 is 1.91 bits per heavy atom. The number of nitrogens with two attached hydrogens (primary N) is 2. The largest absolute Gasteiger partial charge is 0.397 e. The summed E-state index contributed by atoms with van der Waals surface area (Å²) < 4.78 is 0. The summed E-state index contributed by atoms with van der Waals surface area (Å²) in [4.78, 5) is 0. The van der Waals surface area contributed by atoms with Crippen molar-refractivity contribution < 1.29 is 0 Å². The van der Waals surface area contributed by atoms with E-state index in [4.69, 9.17) is 11.5 Å². The number of fused-ring (bicyclic) bond motifs is 3. The molecular weight excluding hydrogens is 268 g/mol. The standard InChI is InChI=1S/C20H16N2/c21-19-17-10-5-4-9-15(17)16-12-6-11-14(18(16)20(19)22)13-7-2-1-3-8-13/h1-12H,21-22H2. The van der Waals surface area contributed by atoms with Gasteiger partial charge in [0.15, 0.2) is 0 Å². The highest BCUT2D eigenvalue weighted by molar-refractivity contribution is 6.22. The van der Waals surface area contributed by atoms with E-state index in [2.05, 4.69) is 36.4 Å². The van der Waals surface area contributed by atoms with Gasteiger partial charge < -0.3 is 11.5 Å². The van der Waals surface area contributed by atoms with Gasteiger partial charge in [0.05, 0.1) is 11.4 Å². The molecule has 0 heterocycles. The summed E-state index contributed by atoms with van der Waals surface area (Å²) >= 11 is 0. The van der Waals surface area contributed by atoms with E-state index >= 15 is 0 Å². The summed E-state index contributed by atoms with van der Waals surface area (Å²) in [5, 5.41) is 4.33. The fraction of sp³-hybridized carbons (Fsp3) is 0. The van der Waals surface area contributed by atoms with Gasteiger partial charge in [-0.15, -0.1) is 0 Å². The molecule has 106 valence electrons. The smallest absolute Gasteiger partial charge is 0.0640 e. The lowest BCUT2D eigenvalue weighted by Gasteiger charge is -2.15. The van der Waals surface area contributed by atoms with Crippen LogP contribution in [0, 0.1) is 0 Å². The van der Waals surface area contributed by atoms with Gasteiger partial charge in [-0.2, -0.15) is 0 Å². The van der Waals surface area contributed by atoms with Crippen LogP contribution in [0.5, 0.6) is 0 Å². The third kappa shape index (κ3) is 1.74. The Bertz CT molecular complexity index is 989. The number of nitrogen functional groups attached to an aromatic ring is 2. The first-order valence-electron chi connectivity index (χ1n) is 7.31. The summed E-state index contributed by atoms with van der Waals surface area (Å²) in [6, 6.07) is 24.7. The lowest BCUT2D eigenvalue weighted by atomic mass is 9.92. The summed E-state index contributed by atoms with van der Waals surface area (Å²) in [5.41, 5.74) is 16.3. The highest BCUT2D eigenvalue weighted by Gasteiger charge is 2.13. The molecule has 0 aliphatic carbocycles. The van der Waals surface area contributed by atoms with E-state index in [1.54, 1.807) is 0 Å². The van der Waals surface area contributed by atoms with E-state index in [-0.39, 0.29) is 0 Å². The Hall–Kier alpha value is -3.00. The predicted molar refractivity (Wildman–Crippen MR) is 95.7 cm³/mol. The van der Waals surface area contributed by atoms with Gasteiger partial charge in [0.2, 0.25) is 0 Å². The van der Waals surface area contributed by atoms with Crippen molar-refractivity contribution in [2.24, 2.45) is 0 Å². The van der Waals surface area contributed by atoms with Crippen LogP contribution in [0.15, 0.2) is 72.8 Å². The number of rotatable bonds is 1. The normalized spacial score (nSPS) is 11.1. The number of benzene rings is 4. The maximum Gasteiger partial charge on any atom is 0.0640 e. The Labute approximate surface area is 129 Å². The molecule has 0 spiro atoms. The molecule has 4 rings (SSSR count). The SMILES string of the molecule is Nc1c(N)c2c(-c3ccccc3)cccc2c2ccccc12. The van der Waals surface area contributed by atoms with Gasteiger partial charge in [-0.25, -0.2) is 0 Å². The van der Waals surface area contributed by atoms with Crippen LogP contribution in [-0.4, -0.2) is 0 Å². The summed E-state index contributed by atoms with van der Waals surface area (Å²) in [6.45, 7) is 0. The predicted octanol–water partition coefficient (Wildman–Crippen LogP) is 4.82. The highest BCUT2D eigenvalue weighted by Crippen LogP contribution is 2.41. The first kappa shape index (κ1) is 12.7. The molecule has 0 radical (unpaired) electrons. The molecular formula is C20H16N2. The molecule has 4 aromatic carbocycles. The van der Waals surface area contributed by atoms with E-state index in [1.807, 2.05) is 36.4 Å². The van der Waals surface area contributed by atoms with Crippen molar-refractivity contribution in [3.8, 4) is 11.1 Å². The van der Waals surface area contributed by atoms with E-state index in [9.17, 15) is 0 Å². The van der Waals surface area contributed by atoms with Crippen LogP contribution in [0.3, 0.4) is 0 Å². The quantitative estimate of drug-likeness (QED) is 0.299. The molecule has 0 aromatic heterocycles. The molecule has 0 saturated heterocycles. The van der Waals surface area contributed by atoms with Crippen molar-refractivity contribution >= 4 is 32.9 Å². The second-order valence-electron chi connectivity index (χ2n) is 5.47. The van der Waals surface area contributed by atoms with Crippen LogP contribution in [-0.2, 0) is 0 Å². The third-order valence-electron chi connectivity index (χ3n) is 4.22. The zero-order chi connectivity index (χ0) is 15.1. The topological polar surface area (TPSA) is 52.0 Å². The lowest BCUT2D eigenvalue weighted by molar-refractivity contribution is 1.65. The molecule has 0 aliphatic rings. The summed E-state index contributed by atoms with van der Waals surface area (Å²) in [6.07, 6.45) is 0. The van der Waals surface area contributed by atoms with Gasteiger partial charge in [0.25, 0.3) is 0 Å². The van der Waals surface area contributed by atoms with Gasteiger partial charge in [0, 0.05) is 10.8 Å². The van der Waals surface area contributed by atoms with Gasteiger partial charge >= 0.3 is 0 Å². The van der Waals surface area contributed by atoms with Crippen molar-refractivity contribution in [1.29, 1.82) is 0 Å². The Morgan fingerprint density at radius 2 is 1.14 bits per heavy atom. The molecule has 0 saturated carbocycles. The van der Waals surface area contributed by atoms with E-state index in [0.717, 1.165) is 32.7 Å². The van der Waals surface area contributed by atoms with E-state index in [0.29, 0.717) is 11.4 Å². The van der Waals surface area contributed by atoms with Crippen LogP contribution in [0.25, 0.3) is 32.7 Å². The number of hydrogen-bond donors (Lipinski definition) is 2. The molecule has 2 heteroatoms. The maximum absolute atomic E-state index is 6.40. The van der Waals surface area contributed by atoms with Crippen molar-refractivity contribution in [2.75, 3.05) is 11.5 Å². The minimum atomic E-state index is 0.659. The minimum absolute atomic E-state index is 0.659. The fourth-order valence-corrected chi connectivity index (χ4v) is 3.16. The van der Waals surface area contributed by atoms with Crippen LogP contribution < -0.4 is 11.5 Å². The first-order chi connectivity index (χ1) is 10.8. The number of anilines is 2. The molecule has 0 atom stereocenters. The van der Waals surface area contributed by atoms with Crippen molar-refractivity contribution in [1.82, 2.24) is 0 Å². The van der Waals surface area contributed by atoms with Gasteiger partial charge in [-0.3, -0.25) is 0 Å². The minimum Gasteiger partial charge on any atom is -0.397 e. The van der Waals surface area contributed by atoms with Gasteiger partial charge in [-0.05, 0) is 21.9 Å². The lowest BCUT2D eigenvalue weighted by Crippen LogP contribution is -1.98. The molecule has 0 fully saturated rings. The average Bonchev–Trinajstić information content (AvgIpc) is 2.60. The molecule has 22 heavy (non-hydrogen) atoms. The Kier molecular flexibility index (Phi) is 2.76. The van der Waals surface area contributed by atoms with Gasteiger partial charge in [0.1, 0.15) is 0 Å². The van der Waals surface area contributed by atoms with E-state index < -0.39 is 0 Å². The van der Waals surface area contributed by atoms with Crippen molar-refractivity contribution in [3.63, 3.8) is 0 Å². The summed E-state index contributed by atoms with van der Waals surface area (Å²) in [5.74, 6) is 0. The van der Waals surface area contributed by atoms with Gasteiger partial charge in [-0.1, -0.05) is 72.8 Å². The zero-order valence-corrected chi connectivity index (χ0v) is 12.1. The fourth-order valence-electron chi connectivity index (χ4n) is 3.16.